The van der Waals surface area contributed by atoms with E-state index in [9.17, 15) is 19.2 Å². The highest BCUT2D eigenvalue weighted by molar-refractivity contribution is 6.23. The number of fused-ring (bicyclic) bond motifs is 2. The maximum Gasteiger partial charge on any atom is 0.328 e. The van der Waals surface area contributed by atoms with E-state index in [1.807, 2.05) is 54.6 Å². The van der Waals surface area contributed by atoms with Gasteiger partial charge in [0, 0.05) is 29.9 Å². The molecule has 0 saturated carbocycles. The van der Waals surface area contributed by atoms with Crippen LogP contribution in [0.5, 0.6) is 0 Å². The number of hydrogen-bond donors (Lipinski definition) is 2. The van der Waals surface area contributed by atoms with Gasteiger partial charge in [-0.05, 0) is 36.2 Å². The van der Waals surface area contributed by atoms with Gasteiger partial charge in [0.25, 0.3) is 11.8 Å². The molecule has 192 valence electrons. The number of para-hydroxylation sites is 1. The van der Waals surface area contributed by atoms with E-state index in [0.29, 0.717) is 0 Å². The van der Waals surface area contributed by atoms with Crippen LogP contribution < -0.4 is 5.32 Å². The smallest absolute Gasteiger partial charge is 0.328 e. The zero-order valence-corrected chi connectivity index (χ0v) is 20.8. The predicted molar refractivity (Wildman–Crippen MR) is 141 cm³/mol. The molecule has 0 fully saturated rings. The van der Waals surface area contributed by atoms with Crippen molar-refractivity contribution in [1.82, 2.24) is 15.2 Å². The molecule has 0 spiro atoms. The molecule has 0 aliphatic carbocycles. The third-order valence-corrected chi connectivity index (χ3v) is 6.70. The van der Waals surface area contributed by atoms with Gasteiger partial charge in [0.1, 0.15) is 12.1 Å². The van der Waals surface area contributed by atoms with E-state index in [1.54, 1.807) is 37.4 Å². The summed E-state index contributed by atoms with van der Waals surface area (Å²) in [5.41, 5.74) is 3.02. The number of nitrogens with one attached hydrogen (secondary N) is 2. The number of aromatic amines is 1. The largest absolute Gasteiger partial charge is 0.464 e. The number of hydrogen-bond acceptors (Lipinski definition) is 5. The van der Waals surface area contributed by atoms with E-state index in [0.717, 1.165) is 26.9 Å². The highest BCUT2D eigenvalue weighted by atomic mass is 16.5. The molecule has 1 aromatic heterocycles. The lowest BCUT2D eigenvalue weighted by Gasteiger charge is -2.27. The van der Waals surface area contributed by atoms with Gasteiger partial charge in [-0.3, -0.25) is 19.3 Å². The molecule has 3 aromatic carbocycles. The van der Waals surface area contributed by atoms with Crippen LogP contribution in [0.3, 0.4) is 0 Å². The Kier molecular flexibility index (Phi) is 7.04. The van der Waals surface area contributed by atoms with Crippen molar-refractivity contribution in [2.75, 3.05) is 6.61 Å². The molecule has 8 heteroatoms. The molecular formula is C30H27N3O5. The van der Waals surface area contributed by atoms with Crippen LogP contribution in [0.2, 0.25) is 0 Å². The third-order valence-electron chi connectivity index (χ3n) is 6.70. The number of benzene rings is 3. The second kappa shape index (κ2) is 10.7. The van der Waals surface area contributed by atoms with Gasteiger partial charge in [-0.1, -0.05) is 60.7 Å². The first-order valence-electron chi connectivity index (χ1n) is 12.5. The van der Waals surface area contributed by atoms with Crippen LogP contribution in [0.1, 0.15) is 38.8 Å². The van der Waals surface area contributed by atoms with Crippen molar-refractivity contribution >= 4 is 34.6 Å². The lowest BCUT2D eigenvalue weighted by molar-refractivity contribution is -0.147. The molecule has 5 rings (SSSR count). The standard InChI is InChI=1S/C30H27N3O5/c1-2-38-30(37)25(17-20-18-31-24-15-9-8-12-21(20)24)32-27(34)26(16-19-10-4-3-5-11-19)33-28(35)22-13-6-7-14-23(22)29(33)36/h3-15,18,25-26,31H,2,16-17H2,1H3,(H,32,34)/t25-,26+/m0/s1. The van der Waals surface area contributed by atoms with Gasteiger partial charge in [-0.2, -0.15) is 0 Å². The molecule has 2 heterocycles. The number of aromatic nitrogens is 1. The van der Waals surface area contributed by atoms with Crippen molar-refractivity contribution < 1.29 is 23.9 Å². The highest BCUT2D eigenvalue weighted by Crippen LogP contribution is 2.26. The number of carbonyl (C=O) groups is 4. The minimum Gasteiger partial charge on any atom is -0.464 e. The molecule has 2 N–H and O–H groups in total. The minimum absolute atomic E-state index is 0.0980. The quantitative estimate of drug-likeness (QED) is 0.264. The summed E-state index contributed by atoms with van der Waals surface area (Å²) in [7, 11) is 0. The Hall–Kier alpha value is -4.72. The van der Waals surface area contributed by atoms with E-state index in [2.05, 4.69) is 10.3 Å². The summed E-state index contributed by atoms with van der Waals surface area (Å²) in [6, 6.07) is 21.1. The molecule has 2 atom stereocenters. The number of H-pyrrole nitrogens is 1. The molecule has 0 radical (unpaired) electrons. The average molecular weight is 510 g/mol. The van der Waals surface area contributed by atoms with Gasteiger partial charge < -0.3 is 15.0 Å². The summed E-state index contributed by atoms with van der Waals surface area (Å²) in [5.74, 6) is -2.27. The number of imide groups is 1. The molecule has 3 amide bonds. The third kappa shape index (κ3) is 4.80. The second-order valence-corrected chi connectivity index (χ2v) is 9.11. The zero-order chi connectivity index (χ0) is 26.6. The van der Waals surface area contributed by atoms with Crippen LogP contribution >= 0.6 is 0 Å². The van der Waals surface area contributed by atoms with Crippen LogP contribution in [0.4, 0.5) is 0 Å². The Labute approximate surface area is 219 Å². The van der Waals surface area contributed by atoms with Crippen LogP contribution in [0.15, 0.2) is 85.1 Å². The normalized spacial score (nSPS) is 14.3. The number of esters is 1. The summed E-state index contributed by atoms with van der Waals surface area (Å²) in [6.07, 6.45) is 2.07. The fourth-order valence-corrected chi connectivity index (χ4v) is 4.85. The summed E-state index contributed by atoms with van der Waals surface area (Å²) >= 11 is 0. The van der Waals surface area contributed by atoms with Crippen LogP contribution in [0, 0.1) is 0 Å². The molecule has 1 aliphatic rings. The Bertz CT molecular complexity index is 1480. The maximum absolute atomic E-state index is 13.8. The number of carbonyl (C=O) groups excluding carboxylic acids is 4. The van der Waals surface area contributed by atoms with Crippen LogP contribution in [-0.2, 0) is 27.2 Å². The summed E-state index contributed by atoms with van der Waals surface area (Å²) in [5, 5.41) is 3.72. The van der Waals surface area contributed by atoms with Crippen molar-refractivity contribution in [3.63, 3.8) is 0 Å². The topological polar surface area (TPSA) is 109 Å². The van der Waals surface area contributed by atoms with Crippen molar-refractivity contribution in [3.8, 4) is 0 Å². The number of amides is 3. The van der Waals surface area contributed by atoms with Gasteiger partial charge in [-0.15, -0.1) is 0 Å². The van der Waals surface area contributed by atoms with E-state index < -0.39 is 35.8 Å². The maximum atomic E-state index is 13.8. The van der Waals surface area contributed by atoms with Gasteiger partial charge in [0.15, 0.2) is 0 Å². The Morgan fingerprint density at radius 2 is 1.50 bits per heavy atom. The monoisotopic (exact) mass is 509 g/mol. The molecule has 0 saturated heterocycles. The lowest BCUT2D eigenvalue weighted by atomic mass is 10.0. The van der Waals surface area contributed by atoms with Crippen molar-refractivity contribution in [1.29, 1.82) is 0 Å². The fraction of sp³-hybridized carbons (Fsp3) is 0.200. The average Bonchev–Trinajstić information content (AvgIpc) is 3.46. The van der Waals surface area contributed by atoms with Gasteiger partial charge in [-0.25, -0.2) is 4.79 Å². The molecule has 0 bridgehead atoms. The summed E-state index contributed by atoms with van der Waals surface area (Å²) in [4.78, 5) is 57.5. The van der Waals surface area contributed by atoms with E-state index in [1.165, 1.54) is 0 Å². The molecule has 8 nitrogen and oxygen atoms in total. The number of ether oxygens (including phenoxy) is 1. The number of rotatable bonds is 9. The van der Waals surface area contributed by atoms with E-state index >= 15 is 0 Å². The Balaban J connectivity index is 1.46. The molecule has 0 unspecified atom stereocenters. The van der Waals surface area contributed by atoms with E-state index in [-0.39, 0.29) is 30.6 Å². The Morgan fingerprint density at radius 1 is 0.868 bits per heavy atom. The molecule has 38 heavy (non-hydrogen) atoms. The lowest BCUT2D eigenvalue weighted by Crippen LogP contribution is -2.55. The van der Waals surface area contributed by atoms with Gasteiger partial charge >= 0.3 is 5.97 Å². The first-order valence-corrected chi connectivity index (χ1v) is 12.5. The van der Waals surface area contributed by atoms with Gasteiger partial charge in [0.2, 0.25) is 5.91 Å². The van der Waals surface area contributed by atoms with Gasteiger partial charge in [0.05, 0.1) is 17.7 Å². The summed E-state index contributed by atoms with van der Waals surface area (Å²) < 4.78 is 5.27. The first kappa shape index (κ1) is 25.0. The molecule has 4 aromatic rings. The molecular weight excluding hydrogens is 482 g/mol. The van der Waals surface area contributed by atoms with Crippen molar-refractivity contribution in [2.45, 2.75) is 31.8 Å². The van der Waals surface area contributed by atoms with E-state index in [4.69, 9.17) is 4.74 Å². The minimum atomic E-state index is -1.16. The zero-order valence-electron chi connectivity index (χ0n) is 20.8. The summed E-state index contributed by atoms with van der Waals surface area (Å²) in [6.45, 7) is 1.84. The predicted octanol–water partition coefficient (Wildman–Crippen LogP) is 3.67. The Morgan fingerprint density at radius 3 is 2.18 bits per heavy atom. The first-order chi connectivity index (χ1) is 18.5. The molecule has 1 aliphatic heterocycles. The van der Waals surface area contributed by atoms with Crippen molar-refractivity contribution in [2.24, 2.45) is 0 Å². The second-order valence-electron chi connectivity index (χ2n) is 9.11. The van der Waals surface area contributed by atoms with Crippen LogP contribution in [-0.4, -0.2) is 52.3 Å². The highest BCUT2D eigenvalue weighted by Gasteiger charge is 2.43. The van der Waals surface area contributed by atoms with Crippen LogP contribution in [0.25, 0.3) is 10.9 Å². The number of nitrogens with zero attached hydrogens (tertiary/aromatic N) is 1. The SMILES string of the molecule is CCOC(=O)[C@H](Cc1c[nH]c2ccccc12)NC(=O)[C@@H](Cc1ccccc1)N1C(=O)c2ccccc2C1=O. The fourth-order valence-electron chi connectivity index (χ4n) is 4.85. The van der Waals surface area contributed by atoms with Crippen molar-refractivity contribution in [3.05, 3.63) is 107 Å².